The minimum Gasteiger partial charge on any atom is -0.489 e. The van der Waals surface area contributed by atoms with Gasteiger partial charge in [0.05, 0.1) is 11.1 Å². The Kier molecular flexibility index (Phi) is 9.26. The van der Waals surface area contributed by atoms with E-state index >= 15 is 0 Å². The molecule has 18 nitrogen and oxygen atoms in total. The highest BCUT2D eigenvalue weighted by molar-refractivity contribution is 7.80. The normalized spacial score (nSPS) is 18.8. The first-order chi connectivity index (χ1) is 21.7. The zero-order valence-corrected chi connectivity index (χ0v) is 26.0. The van der Waals surface area contributed by atoms with E-state index in [0.29, 0.717) is 22.2 Å². The molecule has 246 valence electrons. The van der Waals surface area contributed by atoms with E-state index < -0.39 is 58.2 Å². The Hall–Kier alpha value is -4.63. The predicted octanol–water partition coefficient (Wildman–Crippen LogP) is -0.00230. The number of carbonyl (C=O) groups excluding carboxylic acids is 2. The molecule has 46 heavy (non-hydrogen) atoms. The number of ether oxygens (including phenoxy) is 1. The lowest BCUT2D eigenvalue weighted by Crippen LogP contribution is -2.76. The van der Waals surface area contributed by atoms with Gasteiger partial charge in [-0.2, -0.15) is 13.5 Å². The number of nitrogens with zero attached hydrogens (tertiary/aromatic N) is 4. The van der Waals surface area contributed by atoms with Gasteiger partial charge in [-0.15, -0.1) is 15.6 Å². The van der Waals surface area contributed by atoms with Crippen molar-refractivity contribution in [1.82, 2.24) is 25.7 Å². The van der Waals surface area contributed by atoms with Crippen LogP contribution < -0.4 is 26.4 Å². The fraction of sp³-hybridized carbons (Fsp3) is 0.385. The van der Waals surface area contributed by atoms with Gasteiger partial charge < -0.3 is 36.4 Å². The molecule has 0 aliphatic carbocycles. The largest absolute Gasteiger partial charge is 0.489 e. The number of nitrogens with two attached hydrogens (primary N) is 1. The summed E-state index contributed by atoms with van der Waals surface area (Å²) < 4.78 is 41.1. The summed E-state index contributed by atoms with van der Waals surface area (Å²) in [6.07, 6.45) is -1.68. The van der Waals surface area contributed by atoms with Crippen molar-refractivity contribution in [2.75, 3.05) is 37.3 Å². The zero-order chi connectivity index (χ0) is 33.2. The van der Waals surface area contributed by atoms with E-state index in [1.807, 2.05) is 12.1 Å². The Bertz CT molecular complexity index is 1790. The lowest BCUT2D eigenvalue weighted by molar-refractivity contribution is -0.218. The molecule has 2 unspecified atom stereocenters. The third kappa shape index (κ3) is 7.42. The molecule has 2 aliphatic heterocycles. The molecule has 0 spiro atoms. The van der Waals surface area contributed by atoms with Crippen LogP contribution in [0.3, 0.4) is 0 Å². The van der Waals surface area contributed by atoms with Gasteiger partial charge in [-0.05, 0) is 44.2 Å². The lowest BCUT2D eigenvalue weighted by Gasteiger charge is -2.50. The number of aliphatic carboxylic acids is 1. The highest BCUT2D eigenvalue weighted by Crippen LogP contribution is 2.33. The molecular formula is C26H30N8O10S2. The van der Waals surface area contributed by atoms with Crippen LogP contribution in [-0.4, -0.2) is 101 Å². The SMILES string of the molecule is CC1(C)C(NC(=O)/C(=N\OC(COc2ccc3nc(NCC4CNC4)ccc3c2)C(=O)O)c2csc(N)n2)C(=O)N1OS(=O)(=O)O. The maximum atomic E-state index is 13.2. The molecule has 1 aromatic carbocycles. The number of rotatable bonds is 14. The number of pyridine rings is 1. The molecule has 0 radical (unpaired) electrons. The number of nitrogens with one attached hydrogen (secondary N) is 3. The Morgan fingerprint density at radius 3 is 2.63 bits per heavy atom. The molecule has 7 N–H and O–H groups in total. The van der Waals surface area contributed by atoms with Crippen LogP contribution >= 0.6 is 11.3 Å². The number of aromatic nitrogens is 2. The fourth-order valence-corrected chi connectivity index (χ4v) is 5.49. The quantitative estimate of drug-likeness (QED) is 0.0567. The summed E-state index contributed by atoms with van der Waals surface area (Å²) in [4.78, 5) is 51.5. The third-order valence-electron chi connectivity index (χ3n) is 7.15. The van der Waals surface area contributed by atoms with Crippen LogP contribution in [0.4, 0.5) is 10.9 Å². The number of oxime groups is 1. The summed E-state index contributed by atoms with van der Waals surface area (Å²) in [6.45, 7) is 4.98. The van der Waals surface area contributed by atoms with Crippen LogP contribution in [0, 0.1) is 5.92 Å². The molecule has 2 saturated heterocycles. The minimum absolute atomic E-state index is 0.0609. The molecule has 0 saturated carbocycles. The lowest BCUT2D eigenvalue weighted by atomic mass is 9.84. The Morgan fingerprint density at radius 2 is 2.02 bits per heavy atom. The zero-order valence-electron chi connectivity index (χ0n) is 24.4. The number of hydroxylamine groups is 2. The molecular weight excluding hydrogens is 648 g/mol. The number of amides is 2. The number of carboxylic acid groups (broad SMARTS) is 1. The molecule has 0 bridgehead atoms. The highest BCUT2D eigenvalue weighted by atomic mass is 32.3. The maximum absolute atomic E-state index is 13.2. The van der Waals surface area contributed by atoms with Crippen molar-refractivity contribution in [2.24, 2.45) is 11.1 Å². The third-order valence-corrected chi connectivity index (χ3v) is 8.16. The van der Waals surface area contributed by atoms with Crippen LogP contribution in [0.15, 0.2) is 40.9 Å². The average Bonchev–Trinajstić information content (AvgIpc) is 3.40. The van der Waals surface area contributed by atoms with Crippen LogP contribution in [0.2, 0.25) is 0 Å². The summed E-state index contributed by atoms with van der Waals surface area (Å²) in [5.74, 6) is -1.83. The second-order valence-electron chi connectivity index (χ2n) is 10.9. The molecule has 2 amide bonds. The van der Waals surface area contributed by atoms with Crippen LogP contribution in [0.5, 0.6) is 5.75 Å². The van der Waals surface area contributed by atoms with E-state index in [1.165, 1.54) is 19.2 Å². The van der Waals surface area contributed by atoms with E-state index in [1.54, 1.807) is 18.2 Å². The predicted molar refractivity (Wildman–Crippen MR) is 163 cm³/mol. The van der Waals surface area contributed by atoms with Crippen molar-refractivity contribution in [3.05, 3.63) is 41.4 Å². The monoisotopic (exact) mass is 678 g/mol. The summed E-state index contributed by atoms with van der Waals surface area (Å²) in [6, 6.07) is 7.42. The van der Waals surface area contributed by atoms with Gasteiger partial charge in [-0.3, -0.25) is 14.1 Å². The average molecular weight is 679 g/mol. The first-order valence-corrected chi connectivity index (χ1v) is 15.9. The number of carbonyl (C=O) groups is 3. The van der Waals surface area contributed by atoms with Crippen LogP contribution in [-0.2, 0) is 33.9 Å². The number of nitrogen functional groups attached to an aromatic ring is 1. The van der Waals surface area contributed by atoms with Gasteiger partial charge in [-0.25, -0.2) is 14.8 Å². The van der Waals surface area contributed by atoms with Gasteiger partial charge in [0, 0.05) is 36.3 Å². The Balaban J connectivity index is 1.26. The second kappa shape index (κ2) is 13.0. The number of thiazole rings is 1. The van der Waals surface area contributed by atoms with Crippen molar-refractivity contribution in [3.8, 4) is 5.75 Å². The van der Waals surface area contributed by atoms with Gasteiger partial charge >= 0.3 is 16.4 Å². The smallest absolute Gasteiger partial charge is 0.418 e. The van der Waals surface area contributed by atoms with Gasteiger partial charge in [0.1, 0.15) is 29.9 Å². The first kappa shape index (κ1) is 32.8. The number of carboxylic acids is 1. The Labute approximate surface area is 265 Å². The second-order valence-corrected chi connectivity index (χ2v) is 12.8. The molecule has 2 aliphatic rings. The molecule has 2 fully saturated rings. The molecule has 5 rings (SSSR count). The van der Waals surface area contributed by atoms with Gasteiger partial charge in [0.25, 0.3) is 17.9 Å². The Morgan fingerprint density at radius 1 is 1.26 bits per heavy atom. The topological polar surface area (TPSA) is 257 Å². The number of benzene rings is 1. The number of fused-ring (bicyclic) bond motifs is 1. The van der Waals surface area contributed by atoms with E-state index in [4.69, 9.17) is 19.9 Å². The molecule has 4 heterocycles. The van der Waals surface area contributed by atoms with E-state index in [0.717, 1.165) is 42.2 Å². The number of β-lactam (4-membered cyclic amide) rings is 1. The number of hydrogen-bond acceptors (Lipinski definition) is 15. The standard InChI is InChI=1S/C26H30N8O10S2/c1-26(2)21(23(36)34(26)44-46(39,40)41)32-22(35)20(17-12-45-25(27)31-17)33-43-18(24(37)38)11-42-15-4-5-16-14(7-15)3-6-19(30-16)29-10-13-8-28-9-13/h3-7,12-13,18,21,28H,8-11H2,1-2H3,(H2,27,31)(H,29,30)(H,32,35)(H,37,38)(H,39,40,41)/b33-20-. The minimum atomic E-state index is -5.01. The molecule has 2 aromatic heterocycles. The summed E-state index contributed by atoms with van der Waals surface area (Å²) in [5, 5.41) is 24.9. The molecule has 20 heteroatoms. The highest BCUT2D eigenvalue weighted by Gasteiger charge is 2.58. The summed E-state index contributed by atoms with van der Waals surface area (Å²) >= 11 is 0.961. The van der Waals surface area contributed by atoms with Gasteiger partial charge in [-0.1, -0.05) is 5.16 Å². The van der Waals surface area contributed by atoms with Gasteiger partial charge in [0.15, 0.2) is 10.8 Å². The van der Waals surface area contributed by atoms with Crippen molar-refractivity contribution in [2.45, 2.75) is 31.5 Å². The molecule has 3 aromatic rings. The summed E-state index contributed by atoms with van der Waals surface area (Å²) in [7, 11) is -5.01. The van der Waals surface area contributed by atoms with E-state index in [-0.39, 0.29) is 10.8 Å². The van der Waals surface area contributed by atoms with E-state index in [9.17, 15) is 27.9 Å². The number of anilines is 2. The van der Waals surface area contributed by atoms with Crippen LogP contribution in [0.25, 0.3) is 10.9 Å². The van der Waals surface area contributed by atoms with Crippen molar-refractivity contribution in [1.29, 1.82) is 0 Å². The van der Waals surface area contributed by atoms with Crippen molar-refractivity contribution in [3.63, 3.8) is 0 Å². The van der Waals surface area contributed by atoms with Crippen molar-refractivity contribution < 1.29 is 46.3 Å². The van der Waals surface area contributed by atoms with E-state index in [2.05, 4.69) is 35.4 Å². The first-order valence-electron chi connectivity index (χ1n) is 13.7. The molecule has 2 atom stereocenters. The van der Waals surface area contributed by atoms with Crippen molar-refractivity contribution >= 4 is 67.1 Å². The van der Waals surface area contributed by atoms with Crippen LogP contribution in [0.1, 0.15) is 19.5 Å². The number of hydrogen-bond donors (Lipinski definition) is 6. The fourth-order valence-electron chi connectivity index (χ4n) is 4.49. The van der Waals surface area contributed by atoms with Gasteiger partial charge in [0.2, 0.25) is 0 Å². The summed E-state index contributed by atoms with van der Waals surface area (Å²) in [5.41, 5.74) is 4.37. The maximum Gasteiger partial charge on any atom is 0.418 e.